The van der Waals surface area contributed by atoms with Gasteiger partial charge in [-0.15, -0.1) is 0 Å². The Morgan fingerprint density at radius 2 is 1.21 bits per heavy atom. The zero-order valence-electron chi connectivity index (χ0n) is 23.1. The third kappa shape index (κ3) is 6.93. The molecule has 2 aliphatic rings. The summed E-state index contributed by atoms with van der Waals surface area (Å²) in [5, 5.41) is 0. The minimum absolute atomic E-state index is 0.0216. The molecule has 210 valence electrons. The van der Waals surface area contributed by atoms with Crippen molar-refractivity contribution in [3.8, 4) is 5.75 Å². The van der Waals surface area contributed by atoms with E-state index < -0.39 is 23.3 Å². The molecule has 1 nitrogen and oxygen atoms in total. The number of rotatable bonds is 11. The van der Waals surface area contributed by atoms with E-state index in [1.165, 1.54) is 18.9 Å². The maximum absolute atomic E-state index is 15.2. The second kappa shape index (κ2) is 13.8. The monoisotopic (exact) mass is 532 g/mol. The Hall–Kier alpha value is -2.04. The lowest BCUT2D eigenvalue weighted by Crippen LogP contribution is -2.21. The van der Waals surface area contributed by atoms with Crippen molar-refractivity contribution in [2.45, 2.75) is 116 Å². The van der Waals surface area contributed by atoms with Crippen LogP contribution in [0.5, 0.6) is 5.75 Å². The van der Waals surface area contributed by atoms with Crippen molar-refractivity contribution in [3.05, 3.63) is 64.2 Å². The molecule has 0 radical (unpaired) electrons. The zero-order valence-corrected chi connectivity index (χ0v) is 23.1. The van der Waals surface area contributed by atoms with Gasteiger partial charge in [-0.05, 0) is 111 Å². The van der Waals surface area contributed by atoms with Crippen LogP contribution in [0.1, 0.15) is 126 Å². The molecular weight excluding hydrogens is 488 g/mol. The number of hydrogen-bond donors (Lipinski definition) is 0. The minimum Gasteiger partial charge on any atom is -0.490 e. The van der Waals surface area contributed by atoms with Gasteiger partial charge in [-0.3, -0.25) is 0 Å². The van der Waals surface area contributed by atoms with Gasteiger partial charge in [0.15, 0.2) is 23.2 Å². The molecule has 0 atom stereocenters. The smallest absolute Gasteiger partial charge is 0.200 e. The SMILES string of the molecule is CCCCCc1ccc(OCC2CCC(c3ccc(C4CCC(CCC)CC4)c(F)c3F)CC2)c(F)c1F. The van der Waals surface area contributed by atoms with Crippen LogP contribution in [-0.2, 0) is 6.42 Å². The van der Waals surface area contributed by atoms with Crippen LogP contribution in [0.2, 0.25) is 0 Å². The minimum atomic E-state index is -0.913. The molecule has 4 rings (SSSR count). The van der Waals surface area contributed by atoms with Crippen molar-refractivity contribution in [3.63, 3.8) is 0 Å². The molecule has 0 aliphatic heterocycles. The Labute approximate surface area is 226 Å². The van der Waals surface area contributed by atoms with E-state index in [2.05, 4.69) is 13.8 Å². The van der Waals surface area contributed by atoms with Gasteiger partial charge in [0, 0.05) is 0 Å². The van der Waals surface area contributed by atoms with Crippen molar-refractivity contribution in [2.75, 3.05) is 6.61 Å². The van der Waals surface area contributed by atoms with Gasteiger partial charge >= 0.3 is 0 Å². The van der Waals surface area contributed by atoms with Crippen LogP contribution in [0, 0.1) is 35.1 Å². The molecular formula is C33H44F4O. The highest BCUT2D eigenvalue weighted by atomic mass is 19.2. The summed E-state index contributed by atoms with van der Waals surface area (Å²) in [7, 11) is 0. The lowest BCUT2D eigenvalue weighted by Gasteiger charge is -2.31. The summed E-state index contributed by atoms with van der Waals surface area (Å²) >= 11 is 0. The average molecular weight is 533 g/mol. The molecule has 0 spiro atoms. The third-order valence-electron chi connectivity index (χ3n) is 9.06. The second-order valence-corrected chi connectivity index (χ2v) is 11.7. The molecule has 2 aromatic carbocycles. The quantitative estimate of drug-likeness (QED) is 0.207. The first-order valence-corrected chi connectivity index (χ1v) is 15.0. The van der Waals surface area contributed by atoms with Gasteiger partial charge in [-0.1, -0.05) is 57.7 Å². The molecule has 0 saturated heterocycles. The second-order valence-electron chi connectivity index (χ2n) is 11.7. The molecule has 0 unspecified atom stereocenters. The van der Waals surface area contributed by atoms with Crippen molar-refractivity contribution in [2.24, 2.45) is 11.8 Å². The van der Waals surface area contributed by atoms with Gasteiger partial charge in [0.2, 0.25) is 5.82 Å². The van der Waals surface area contributed by atoms with Crippen LogP contribution in [0.4, 0.5) is 17.6 Å². The Balaban J connectivity index is 1.29. The molecule has 5 heteroatoms. The molecule has 2 fully saturated rings. The summed E-state index contributed by atoms with van der Waals surface area (Å²) in [4.78, 5) is 0. The predicted octanol–water partition coefficient (Wildman–Crippen LogP) is 10.4. The first-order valence-electron chi connectivity index (χ1n) is 15.0. The first kappa shape index (κ1) is 29.0. The van der Waals surface area contributed by atoms with Crippen molar-refractivity contribution >= 4 is 0 Å². The molecule has 2 aliphatic carbocycles. The molecule has 2 aromatic rings. The molecule has 0 amide bonds. The number of aryl methyl sites for hydroxylation is 1. The fourth-order valence-electron chi connectivity index (χ4n) is 6.67. The number of benzene rings is 2. The highest BCUT2D eigenvalue weighted by molar-refractivity contribution is 5.33. The van der Waals surface area contributed by atoms with Crippen LogP contribution >= 0.6 is 0 Å². The predicted molar refractivity (Wildman–Crippen MR) is 146 cm³/mol. The Kier molecular flexibility index (Phi) is 10.6. The van der Waals surface area contributed by atoms with Gasteiger partial charge in [0.1, 0.15) is 0 Å². The Bertz CT molecular complexity index is 1040. The van der Waals surface area contributed by atoms with Gasteiger partial charge in [-0.25, -0.2) is 13.2 Å². The van der Waals surface area contributed by atoms with Crippen LogP contribution in [0.25, 0.3) is 0 Å². The highest BCUT2D eigenvalue weighted by Gasteiger charge is 2.30. The fourth-order valence-corrected chi connectivity index (χ4v) is 6.67. The molecule has 0 aromatic heterocycles. The van der Waals surface area contributed by atoms with Gasteiger partial charge in [0.25, 0.3) is 0 Å². The number of unbranched alkanes of at least 4 members (excludes halogenated alkanes) is 2. The van der Waals surface area contributed by atoms with E-state index in [0.29, 0.717) is 29.7 Å². The van der Waals surface area contributed by atoms with E-state index in [-0.39, 0.29) is 23.5 Å². The van der Waals surface area contributed by atoms with Crippen LogP contribution in [-0.4, -0.2) is 6.61 Å². The van der Waals surface area contributed by atoms with Gasteiger partial charge in [0.05, 0.1) is 6.61 Å². The Morgan fingerprint density at radius 3 is 1.76 bits per heavy atom. The van der Waals surface area contributed by atoms with Crippen LogP contribution in [0.3, 0.4) is 0 Å². The maximum Gasteiger partial charge on any atom is 0.200 e. The van der Waals surface area contributed by atoms with Crippen molar-refractivity contribution in [1.82, 2.24) is 0 Å². The summed E-state index contributed by atoms with van der Waals surface area (Å²) in [5.41, 5.74) is 1.43. The fraction of sp³-hybridized carbons (Fsp3) is 0.636. The molecule has 0 bridgehead atoms. The maximum atomic E-state index is 15.2. The summed E-state index contributed by atoms with van der Waals surface area (Å²) in [6, 6.07) is 6.80. The lowest BCUT2D eigenvalue weighted by atomic mass is 9.75. The van der Waals surface area contributed by atoms with Gasteiger partial charge in [-0.2, -0.15) is 4.39 Å². The third-order valence-corrected chi connectivity index (χ3v) is 9.06. The van der Waals surface area contributed by atoms with E-state index in [9.17, 15) is 8.78 Å². The molecule has 2 saturated carbocycles. The van der Waals surface area contributed by atoms with E-state index in [4.69, 9.17) is 4.74 Å². The van der Waals surface area contributed by atoms with Gasteiger partial charge < -0.3 is 4.74 Å². The standard InChI is InChI=1S/C33H44F4O/c1-3-5-6-8-26-17-20-29(33(37)30(26)34)38-21-23-11-15-25(16-12-23)28-19-18-27(31(35)32(28)36)24-13-9-22(7-4-2)10-14-24/h17-20,22-25H,3-16,21H2,1-2H3. The van der Waals surface area contributed by atoms with E-state index in [1.54, 1.807) is 6.07 Å². The van der Waals surface area contributed by atoms with Crippen molar-refractivity contribution < 1.29 is 22.3 Å². The average Bonchev–Trinajstić information content (AvgIpc) is 2.93. The van der Waals surface area contributed by atoms with E-state index in [1.807, 2.05) is 12.1 Å². The normalized spacial score (nSPS) is 23.9. The number of halogens is 4. The van der Waals surface area contributed by atoms with E-state index >= 15 is 8.78 Å². The van der Waals surface area contributed by atoms with E-state index in [0.717, 1.165) is 76.5 Å². The van der Waals surface area contributed by atoms with Crippen molar-refractivity contribution in [1.29, 1.82) is 0 Å². The topological polar surface area (TPSA) is 9.23 Å². The van der Waals surface area contributed by atoms with Crippen LogP contribution < -0.4 is 4.74 Å². The molecule has 0 heterocycles. The zero-order chi connectivity index (χ0) is 27.1. The highest BCUT2D eigenvalue weighted by Crippen LogP contribution is 2.42. The summed E-state index contributed by atoms with van der Waals surface area (Å²) < 4.78 is 65.0. The first-order chi connectivity index (χ1) is 18.4. The largest absolute Gasteiger partial charge is 0.490 e. The summed E-state index contributed by atoms with van der Waals surface area (Å²) in [6.07, 6.45) is 12.9. The summed E-state index contributed by atoms with van der Waals surface area (Å²) in [5.74, 6) is -2.08. The Morgan fingerprint density at radius 1 is 0.632 bits per heavy atom. The number of hydrogen-bond acceptors (Lipinski definition) is 1. The lowest BCUT2D eigenvalue weighted by molar-refractivity contribution is 0.191. The molecule has 38 heavy (non-hydrogen) atoms. The van der Waals surface area contributed by atoms with Crippen LogP contribution in [0.15, 0.2) is 24.3 Å². The molecule has 0 N–H and O–H groups in total. The summed E-state index contributed by atoms with van der Waals surface area (Å²) in [6.45, 7) is 4.58. The number of ether oxygens (including phenoxy) is 1.